The highest BCUT2D eigenvalue weighted by atomic mass is 32.1. The fraction of sp³-hybridized carbons (Fsp3) is 0.562. The first-order valence-corrected chi connectivity index (χ1v) is 8.80. The van der Waals surface area contributed by atoms with E-state index < -0.39 is 0 Å². The molecule has 0 aromatic carbocycles. The van der Waals surface area contributed by atoms with Gasteiger partial charge in [-0.1, -0.05) is 6.92 Å². The van der Waals surface area contributed by atoms with Gasteiger partial charge >= 0.3 is 0 Å². The lowest BCUT2D eigenvalue weighted by Gasteiger charge is -2.11. The fourth-order valence-corrected chi connectivity index (χ4v) is 3.18. The highest BCUT2D eigenvalue weighted by Crippen LogP contribution is 2.11. The molecule has 0 atom stereocenters. The molecule has 0 aliphatic heterocycles. The Labute approximate surface area is 142 Å². The van der Waals surface area contributed by atoms with Crippen LogP contribution in [0.25, 0.3) is 0 Å². The van der Waals surface area contributed by atoms with Crippen molar-refractivity contribution >= 4 is 17.3 Å². The van der Waals surface area contributed by atoms with Crippen molar-refractivity contribution in [1.82, 2.24) is 25.4 Å². The van der Waals surface area contributed by atoms with Crippen molar-refractivity contribution in [3.8, 4) is 0 Å². The lowest BCUT2D eigenvalue weighted by atomic mass is 10.2. The van der Waals surface area contributed by atoms with E-state index in [1.165, 1.54) is 16.3 Å². The molecule has 7 heteroatoms. The molecule has 0 unspecified atom stereocenters. The summed E-state index contributed by atoms with van der Waals surface area (Å²) in [5, 5.41) is 14.5. The highest BCUT2D eigenvalue weighted by molar-refractivity contribution is 7.09. The lowest BCUT2D eigenvalue weighted by Crippen LogP contribution is -2.38. The first kappa shape index (κ1) is 17.5. The molecule has 2 aromatic heterocycles. The number of nitrogens with zero attached hydrogens (tertiary/aromatic N) is 4. The number of hydrogen-bond acceptors (Lipinski definition) is 4. The molecule has 0 saturated carbocycles. The number of hydrogen-bond donors (Lipinski definition) is 2. The standard InChI is InChI=1S/C16H26N6S/c1-6-15-20-13(10-23-15)7-8-18-16(17-4)19-9-14-11(2)21-22(5)12(14)3/h10H,6-9H2,1-5H3,(H2,17,18,19). The zero-order valence-electron chi connectivity index (χ0n) is 14.6. The summed E-state index contributed by atoms with van der Waals surface area (Å²) in [6, 6.07) is 0. The van der Waals surface area contributed by atoms with Gasteiger partial charge in [0.2, 0.25) is 0 Å². The lowest BCUT2D eigenvalue weighted by molar-refractivity contribution is 0.728. The largest absolute Gasteiger partial charge is 0.356 e. The van der Waals surface area contributed by atoms with Crippen LogP contribution in [0.2, 0.25) is 0 Å². The second kappa shape index (κ2) is 8.10. The predicted molar refractivity (Wildman–Crippen MR) is 96.1 cm³/mol. The van der Waals surface area contributed by atoms with Gasteiger partial charge in [0.25, 0.3) is 0 Å². The average Bonchev–Trinajstić information content (AvgIpc) is 3.09. The smallest absolute Gasteiger partial charge is 0.191 e. The summed E-state index contributed by atoms with van der Waals surface area (Å²) in [5.41, 5.74) is 4.61. The first-order valence-electron chi connectivity index (χ1n) is 7.92. The number of aryl methyl sites for hydroxylation is 3. The van der Waals surface area contributed by atoms with E-state index in [2.05, 4.69) is 44.9 Å². The van der Waals surface area contributed by atoms with Gasteiger partial charge in [-0.25, -0.2) is 4.98 Å². The van der Waals surface area contributed by atoms with Gasteiger partial charge in [-0.15, -0.1) is 11.3 Å². The Morgan fingerprint density at radius 2 is 2.13 bits per heavy atom. The second-order valence-corrected chi connectivity index (χ2v) is 6.40. The third-order valence-electron chi connectivity index (χ3n) is 3.89. The number of rotatable bonds is 6. The van der Waals surface area contributed by atoms with Crippen molar-refractivity contribution in [2.75, 3.05) is 13.6 Å². The van der Waals surface area contributed by atoms with Crippen LogP contribution in [0.4, 0.5) is 0 Å². The van der Waals surface area contributed by atoms with Crippen LogP contribution in [-0.4, -0.2) is 34.3 Å². The molecule has 0 amide bonds. The van der Waals surface area contributed by atoms with Crippen molar-refractivity contribution < 1.29 is 0 Å². The molecular weight excluding hydrogens is 308 g/mol. The quantitative estimate of drug-likeness (QED) is 0.626. The van der Waals surface area contributed by atoms with Crippen LogP contribution < -0.4 is 10.6 Å². The monoisotopic (exact) mass is 334 g/mol. The van der Waals surface area contributed by atoms with Gasteiger partial charge in [0.05, 0.1) is 16.4 Å². The van der Waals surface area contributed by atoms with Crippen molar-refractivity contribution in [1.29, 1.82) is 0 Å². The van der Waals surface area contributed by atoms with Gasteiger partial charge in [0, 0.05) is 50.2 Å². The number of thiazole rings is 1. The van der Waals surface area contributed by atoms with Gasteiger partial charge in [0.1, 0.15) is 0 Å². The number of guanidine groups is 1. The summed E-state index contributed by atoms with van der Waals surface area (Å²) < 4.78 is 1.91. The Kier molecular flexibility index (Phi) is 6.15. The van der Waals surface area contributed by atoms with Crippen LogP contribution in [-0.2, 0) is 26.4 Å². The Bertz CT molecular complexity index is 670. The normalized spacial score (nSPS) is 11.8. The van der Waals surface area contributed by atoms with Crippen LogP contribution in [0.15, 0.2) is 10.4 Å². The molecule has 23 heavy (non-hydrogen) atoms. The topological polar surface area (TPSA) is 67.1 Å². The van der Waals surface area contributed by atoms with Crippen LogP contribution >= 0.6 is 11.3 Å². The molecule has 0 fully saturated rings. The van der Waals surface area contributed by atoms with Gasteiger partial charge in [-0.2, -0.15) is 5.10 Å². The molecule has 2 N–H and O–H groups in total. The Morgan fingerprint density at radius 1 is 1.35 bits per heavy atom. The summed E-state index contributed by atoms with van der Waals surface area (Å²) in [5.74, 6) is 0.804. The summed E-state index contributed by atoms with van der Waals surface area (Å²) in [4.78, 5) is 8.85. The summed E-state index contributed by atoms with van der Waals surface area (Å²) in [6.45, 7) is 7.79. The van der Waals surface area contributed by atoms with Crippen molar-refractivity contribution in [2.24, 2.45) is 12.0 Å². The van der Waals surface area contributed by atoms with E-state index in [4.69, 9.17) is 0 Å². The van der Waals surface area contributed by atoms with E-state index in [0.717, 1.165) is 43.3 Å². The second-order valence-electron chi connectivity index (χ2n) is 5.46. The molecule has 0 radical (unpaired) electrons. The molecule has 0 bridgehead atoms. The predicted octanol–water partition coefficient (Wildman–Crippen LogP) is 1.96. The van der Waals surface area contributed by atoms with Crippen molar-refractivity contribution in [3.05, 3.63) is 33.0 Å². The SMILES string of the molecule is CCc1nc(CCNC(=NC)NCc2c(C)nn(C)c2C)cs1. The Balaban J connectivity index is 1.81. The number of nitrogens with one attached hydrogen (secondary N) is 2. The highest BCUT2D eigenvalue weighted by Gasteiger charge is 2.09. The molecule has 2 heterocycles. The van der Waals surface area contributed by atoms with Crippen LogP contribution in [0, 0.1) is 13.8 Å². The van der Waals surface area contributed by atoms with E-state index >= 15 is 0 Å². The van der Waals surface area contributed by atoms with Crippen LogP contribution in [0.3, 0.4) is 0 Å². The molecule has 126 valence electrons. The third kappa shape index (κ3) is 4.54. The summed E-state index contributed by atoms with van der Waals surface area (Å²) in [7, 11) is 3.76. The van der Waals surface area contributed by atoms with Gasteiger partial charge < -0.3 is 10.6 Å². The first-order chi connectivity index (χ1) is 11.0. The van der Waals surface area contributed by atoms with Gasteiger partial charge in [-0.05, 0) is 20.3 Å². The fourth-order valence-electron chi connectivity index (χ4n) is 2.40. The minimum absolute atomic E-state index is 0.724. The molecule has 0 spiro atoms. The molecule has 6 nitrogen and oxygen atoms in total. The average molecular weight is 334 g/mol. The van der Waals surface area contributed by atoms with E-state index in [9.17, 15) is 0 Å². The maximum absolute atomic E-state index is 4.58. The molecule has 0 aliphatic rings. The van der Waals surface area contributed by atoms with Crippen LogP contribution in [0.5, 0.6) is 0 Å². The van der Waals surface area contributed by atoms with E-state index in [1.807, 2.05) is 18.7 Å². The van der Waals surface area contributed by atoms with Crippen LogP contribution in [0.1, 0.15) is 34.6 Å². The van der Waals surface area contributed by atoms with Gasteiger partial charge in [-0.3, -0.25) is 9.67 Å². The summed E-state index contributed by atoms with van der Waals surface area (Å²) >= 11 is 1.73. The maximum atomic E-state index is 4.58. The Morgan fingerprint density at radius 3 is 2.70 bits per heavy atom. The maximum Gasteiger partial charge on any atom is 0.191 e. The molecule has 0 aliphatic carbocycles. The van der Waals surface area contributed by atoms with Crippen molar-refractivity contribution in [3.63, 3.8) is 0 Å². The van der Waals surface area contributed by atoms with E-state index in [1.54, 1.807) is 18.4 Å². The van der Waals surface area contributed by atoms with E-state index in [0.29, 0.717) is 0 Å². The minimum Gasteiger partial charge on any atom is -0.356 e. The van der Waals surface area contributed by atoms with E-state index in [-0.39, 0.29) is 0 Å². The summed E-state index contributed by atoms with van der Waals surface area (Å²) in [6.07, 6.45) is 1.91. The molecule has 2 rings (SSSR count). The Hall–Kier alpha value is -1.89. The zero-order chi connectivity index (χ0) is 16.8. The number of aliphatic imine (C=N–C) groups is 1. The van der Waals surface area contributed by atoms with Gasteiger partial charge in [0.15, 0.2) is 5.96 Å². The minimum atomic E-state index is 0.724. The third-order valence-corrected chi connectivity index (χ3v) is 4.93. The molecule has 0 saturated heterocycles. The zero-order valence-corrected chi connectivity index (χ0v) is 15.4. The molecular formula is C16H26N6S. The number of aromatic nitrogens is 3. The van der Waals surface area contributed by atoms with Crippen molar-refractivity contribution in [2.45, 2.75) is 40.2 Å². The molecule has 2 aromatic rings.